The summed E-state index contributed by atoms with van der Waals surface area (Å²) in [5.74, 6) is 1.10. The monoisotopic (exact) mass is 282 g/mol. The Morgan fingerprint density at radius 2 is 2.00 bits per heavy atom. The Kier molecular flexibility index (Phi) is 3.78. The molecule has 1 N–H and O–H groups in total. The molecule has 0 aliphatic carbocycles. The fraction of sp³-hybridized carbons (Fsp3) is 0.412. The van der Waals surface area contributed by atoms with Crippen LogP contribution in [0.3, 0.4) is 0 Å². The number of pyridine rings is 1. The minimum Gasteiger partial charge on any atom is -0.322 e. The number of nitrogens with one attached hydrogen (secondary N) is 1. The lowest BCUT2D eigenvalue weighted by Crippen LogP contribution is -2.24. The first-order chi connectivity index (χ1) is 10.2. The summed E-state index contributed by atoms with van der Waals surface area (Å²) in [4.78, 5) is 9.31. The molecule has 110 valence electrons. The van der Waals surface area contributed by atoms with Crippen LogP contribution < -0.4 is 5.43 Å². The molecule has 0 saturated carbocycles. The molecule has 0 aliphatic rings. The molecule has 0 fully saturated rings. The molecule has 0 radical (unpaired) electrons. The molecule has 1 aromatic carbocycles. The minimum atomic E-state index is 0.356. The molecular weight excluding hydrogens is 260 g/mol. The van der Waals surface area contributed by atoms with Gasteiger partial charge < -0.3 is 5.43 Å². The van der Waals surface area contributed by atoms with Gasteiger partial charge in [-0.05, 0) is 26.3 Å². The Bertz CT molecular complexity index is 758. The average molecular weight is 282 g/mol. The number of para-hydroxylation sites is 1. The van der Waals surface area contributed by atoms with Gasteiger partial charge in [0.1, 0.15) is 16.9 Å². The zero-order valence-electron chi connectivity index (χ0n) is 12.9. The number of hydrogen-bond donors (Lipinski definition) is 1. The molecule has 0 saturated heterocycles. The lowest BCUT2D eigenvalue weighted by molar-refractivity contribution is 0.678. The van der Waals surface area contributed by atoms with E-state index in [4.69, 9.17) is 4.98 Å². The first-order valence-electron chi connectivity index (χ1n) is 7.72. The predicted octanol–water partition coefficient (Wildman–Crippen LogP) is 3.88. The highest BCUT2D eigenvalue weighted by molar-refractivity contribution is 6.02. The smallest absolute Gasteiger partial charge is 0.128 e. The summed E-state index contributed by atoms with van der Waals surface area (Å²) < 4.78 is 2.17. The highest BCUT2D eigenvalue weighted by atomic mass is 15.4. The van der Waals surface area contributed by atoms with E-state index in [9.17, 15) is 0 Å². The van der Waals surface area contributed by atoms with Crippen molar-refractivity contribution in [2.75, 3.05) is 5.43 Å². The molecule has 2 heterocycles. The second kappa shape index (κ2) is 5.72. The number of aromatic nitrogens is 3. The van der Waals surface area contributed by atoms with Crippen molar-refractivity contribution in [3.63, 3.8) is 0 Å². The quantitative estimate of drug-likeness (QED) is 0.772. The molecule has 0 amide bonds. The molecule has 3 rings (SSSR count). The third-order valence-corrected chi connectivity index (χ3v) is 3.60. The van der Waals surface area contributed by atoms with Crippen LogP contribution in [0.5, 0.6) is 0 Å². The molecule has 0 spiro atoms. The Balaban J connectivity index is 2.25. The highest BCUT2D eigenvalue weighted by Crippen LogP contribution is 2.24. The van der Waals surface area contributed by atoms with Crippen molar-refractivity contribution >= 4 is 21.9 Å². The Morgan fingerprint density at radius 3 is 2.76 bits per heavy atom. The molecule has 4 nitrogen and oxygen atoms in total. The van der Waals surface area contributed by atoms with Gasteiger partial charge in [-0.2, -0.15) is 0 Å². The van der Waals surface area contributed by atoms with Gasteiger partial charge in [0.05, 0.1) is 11.7 Å². The lowest BCUT2D eigenvalue weighted by atomic mass is 10.2. The maximum absolute atomic E-state index is 4.79. The van der Waals surface area contributed by atoms with Crippen LogP contribution in [0.2, 0.25) is 0 Å². The Morgan fingerprint density at radius 1 is 1.19 bits per heavy atom. The van der Waals surface area contributed by atoms with Crippen LogP contribution in [0, 0.1) is 0 Å². The predicted molar refractivity (Wildman–Crippen MR) is 88.1 cm³/mol. The van der Waals surface area contributed by atoms with Gasteiger partial charge in [0, 0.05) is 17.8 Å². The summed E-state index contributed by atoms with van der Waals surface area (Å²) in [7, 11) is 0. The number of benzene rings is 1. The molecule has 0 unspecified atom stereocenters. The number of aryl methyl sites for hydroxylation is 1. The van der Waals surface area contributed by atoms with Crippen molar-refractivity contribution in [2.24, 2.45) is 0 Å². The Hall–Kier alpha value is -2.10. The van der Waals surface area contributed by atoms with Crippen molar-refractivity contribution in [1.82, 2.24) is 14.6 Å². The van der Waals surface area contributed by atoms with Crippen LogP contribution in [0.1, 0.15) is 39.4 Å². The van der Waals surface area contributed by atoms with E-state index in [0.29, 0.717) is 6.04 Å². The van der Waals surface area contributed by atoms with Crippen molar-refractivity contribution in [3.05, 3.63) is 36.3 Å². The number of fused-ring (bicyclic) bond motifs is 3. The molecule has 3 aromatic rings. The number of imidazole rings is 1. The van der Waals surface area contributed by atoms with E-state index in [0.717, 1.165) is 40.6 Å². The third-order valence-electron chi connectivity index (χ3n) is 3.60. The van der Waals surface area contributed by atoms with Gasteiger partial charge in [0.25, 0.3) is 0 Å². The first kappa shape index (κ1) is 13.9. The largest absolute Gasteiger partial charge is 0.322 e. The summed E-state index contributed by atoms with van der Waals surface area (Å²) in [6, 6.07) is 8.61. The zero-order chi connectivity index (χ0) is 14.8. The second-order valence-electron chi connectivity index (χ2n) is 5.76. The van der Waals surface area contributed by atoms with E-state index < -0.39 is 0 Å². The van der Waals surface area contributed by atoms with Gasteiger partial charge >= 0.3 is 0 Å². The van der Waals surface area contributed by atoms with Crippen molar-refractivity contribution in [1.29, 1.82) is 0 Å². The van der Waals surface area contributed by atoms with Crippen LogP contribution in [0.15, 0.2) is 30.5 Å². The van der Waals surface area contributed by atoms with E-state index in [2.05, 4.69) is 48.0 Å². The molecule has 0 aliphatic heterocycles. The van der Waals surface area contributed by atoms with E-state index in [-0.39, 0.29) is 0 Å². The average Bonchev–Trinajstić information content (AvgIpc) is 2.82. The molecule has 4 heteroatoms. The topological polar surface area (TPSA) is 42.7 Å². The minimum absolute atomic E-state index is 0.356. The SMILES string of the molecule is CCCCc1nc2cnc3ccccc3c2n1NC(C)C. The van der Waals surface area contributed by atoms with Crippen molar-refractivity contribution in [2.45, 2.75) is 46.1 Å². The molecule has 0 bridgehead atoms. The molecule has 2 aromatic heterocycles. The summed E-state index contributed by atoms with van der Waals surface area (Å²) in [6.07, 6.45) is 5.18. The van der Waals surface area contributed by atoms with Crippen molar-refractivity contribution in [3.8, 4) is 0 Å². The van der Waals surface area contributed by atoms with E-state index in [1.54, 1.807) is 0 Å². The Labute approximate surface area is 125 Å². The summed E-state index contributed by atoms with van der Waals surface area (Å²) in [5, 5.41) is 1.15. The highest BCUT2D eigenvalue weighted by Gasteiger charge is 2.14. The number of rotatable bonds is 5. The molecule has 21 heavy (non-hydrogen) atoms. The van der Waals surface area contributed by atoms with Crippen LogP contribution in [0.4, 0.5) is 0 Å². The first-order valence-corrected chi connectivity index (χ1v) is 7.72. The standard InChI is InChI=1S/C17H22N4/c1-4-5-10-16-19-15-11-18-14-9-7-6-8-13(14)17(15)21(16)20-12(2)3/h6-9,11-12,20H,4-5,10H2,1-3H3. The maximum atomic E-state index is 4.79. The number of nitrogens with zero attached hydrogens (tertiary/aromatic N) is 3. The van der Waals surface area contributed by atoms with Gasteiger partial charge in [-0.1, -0.05) is 31.5 Å². The van der Waals surface area contributed by atoms with Gasteiger partial charge in [0.2, 0.25) is 0 Å². The van der Waals surface area contributed by atoms with E-state index in [1.165, 1.54) is 6.42 Å². The van der Waals surface area contributed by atoms with Gasteiger partial charge in [0.15, 0.2) is 0 Å². The van der Waals surface area contributed by atoms with E-state index >= 15 is 0 Å². The second-order valence-corrected chi connectivity index (χ2v) is 5.76. The van der Waals surface area contributed by atoms with Gasteiger partial charge in [-0.25, -0.2) is 9.66 Å². The fourth-order valence-corrected chi connectivity index (χ4v) is 2.65. The fourth-order valence-electron chi connectivity index (χ4n) is 2.65. The molecule has 0 atom stereocenters. The van der Waals surface area contributed by atoms with Gasteiger partial charge in [-0.3, -0.25) is 4.98 Å². The summed E-state index contributed by atoms with van der Waals surface area (Å²) >= 11 is 0. The van der Waals surface area contributed by atoms with Crippen LogP contribution >= 0.6 is 0 Å². The van der Waals surface area contributed by atoms with Crippen LogP contribution in [0.25, 0.3) is 21.9 Å². The summed E-state index contributed by atoms with van der Waals surface area (Å²) in [6.45, 7) is 6.51. The molecular formula is C17H22N4. The third kappa shape index (κ3) is 2.58. The maximum Gasteiger partial charge on any atom is 0.128 e. The van der Waals surface area contributed by atoms with Crippen LogP contribution in [-0.4, -0.2) is 20.7 Å². The number of unbranched alkanes of at least 4 members (excludes halogenated alkanes) is 1. The van der Waals surface area contributed by atoms with Crippen LogP contribution in [-0.2, 0) is 6.42 Å². The summed E-state index contributed by atoms with van der Waals surface area (Å²) in [5.41, 5.74) is 6.64. The van der Waals surface area contributed by atoms with Gasteiger partial charge in [-0.15, -0.1) is 0 Å². The normalized spacial score (nSPS) is 11.6. The zero-order valence-corrected chi connectivity index (χ0v) is 12.9. The number of hydrogen-bond acceptors (Lipinski definition) is 3. The van der Waals surface area contributed by atoms with E-state index in [1.807, 2.05) is 18.3 Å². The lowest BCUT2D eigenvalue weighted by Gasteiger charge is -2.15. The van der Waals surface area contributed by atoms with Crippen molar-refractivity contribution < 1.29 is 0 Å².